The van der Waals surface area contributed by atoms with E-state index in [1.807, 2.05) is 41.3 Å². The van der Waals surface area contributed by atoms with Gasteiger partial charge in [-0.15, -0.1) is 0 Å². The van der Waals surface area contributed by atoms with Crippen LogP contribution in [-0.2, 0) is 9.59 Å². The molecule has 0 saturated carbocycles. The van der Waals surface area contributed by atoms with E-state index in [2.05, 4.69) is 12.1 Å². The molecule has 1 aromatic carbocycles. The highest BCUT2D eigenvalue weighted by atomic mass is 32.2. The van der Waals surface area contributed by atoms with Crippen LogP contribution in [0.5, 0.6) is 0 Å². The molecule has 0 aliphatic carbocycles. The summed E-state index contributed by atoms with van der Waals surface area (Å²) in [7, 11) is 1.94. The number of amides is 2. The number of carbonyl (C=O) groups is 2. The smallest absolute Gasteiger partial charge is 0.230 e. The highest BCUT2D eigenvalue weighted by Gasteiger charge is 2.50. The number of hydrogen-bond acceptors (Lipinski definition) is 3. The van der Waals surface area contributed by atoms with Gasteiger partial charge in [0.2, 0.25) is 11.8 Å². The minimum atomic E-state index is -0.0755. The first-order valence-corrected chi connectivity index (χ1v) is 10.1. The summed E-state index contributed by atoms with van der Waals surface area (Å²) in [6.07, 6.45) is 5.31. The lowest BCUT2D eigenvalue weighted by Gasteiger charge is -2.43. The van der Waals surface area contributed by atoms with Crippen molar-refractivity contribution in [3.8, 4) is 0 Å². The van der Waals surface area contributed by atoms with Gasteiger partial charge in [0.15, 0.2) is 0 Å². The number of likely N-dealkylation sites (tertiary alicyclic amines) is 2. The van der Waals surface area contributed by atoms with E-state index in [1.54, 1.807) is 11.8 Å². The molecular formula is C19H26N2O2S. The Labute approximate surface area is 148 Å². The van der Waals surface area contributed by atoms with Gasteiger partial charge in [-0.3, -0.25) is 9.59 Å². The third kappa shape index (κ3) is 3.18. The molecule has 5 heteroatoms. The SMILES string of the molecule is CSCCC(=O)N1CCC2(CC1)C[C@H](c1ccccc1)C(=O)N2C. The number of piperidine rings is 1. The Morgan fingerprint density at radius 2 is 1.92 bits per heavy atom. The fourth-order valence-electron chi connectivity index (χ4n) is 4.08. The molecule has 0 aromatic heterocycles. The van der Waals surface area contributed by atoms with E-state index in [0.29, 0.717) is 6.42 Å². The van der Waals surface area contributed by atoms with Gasteiger partial charge in [-0.05, 0) is 31.1 Å². The van der Waals surface area contributed by atoms with Gasteiger partial charge in [-0.1, -0.05) is 30.3 Å². The summed E-state index contributed by atoms with van der Waals surface area (Å²) in [5.74, 6) is 1.33. The molecular weight excluding hydrogens is 320 g/mol. The maximum Gasteiger partial charge on any atom is 0.230 e. The van der Waals surface area contributed by atoms with Crippen molar-refractivity contribution in [3.05, 3.63) is 35.9 Å². The first kappa shape index (κ1) is 17.3. The molecule has 2 fully saturated rings. The van der Waals surface area contributed by atoms with Crippen molar-refractivity contribution in [2.24, 2.45) is 0 Å². The number of nitrogens with zero attached hydrogens (tertiary/aromatic N) is 2. The summed E-state index contributed by atoms with van der Waals surface area (Å²) in [5.41, 5.74) is 1.04. The van der Waals surface area contributed by atoms with E-state index in [9.17, 15) is 9.59 Å². The van der Waals surface area contributed by atoms with Crippen molar-refractivity contribution in [2.45, 2.75) is 37.1 Å². The Balaban J connectivity index is 1.67. The summed E-state index contributed by atoms with van der Waals surface area (Å²) in [4.78, 5) is 29.0. The van der Waals surface area contributed by atoms with Crippen LogP contribution in [0.4, 0.5) is 0 Å². The molecule has 0 bridgehead atoms. The van der Waals surface area contributed by atoms with Crippen LogP contribution in [0.3, 0.4) is 0 Å². The largest absolute Gasteiger partial charge is 0.342 e. The quantitative estimate of drug-likeness (QED) is 0.842. The average molecular weight is 346 g/mol. The van der Waals surface area contributed by atoms with Crippen LogP contribution in [-0.4, -0.2) is 59.3 Å². The monoisotopic (exact) mass is 346 g/mol. The molecule has 2 saturated heterocycles. The van der Waals surface area contributed by atoms with Crippen molar-refractivity contribution in [1.29, 1.82) is 0 Å². The van der Waals surface area contributed by atoms with Crippen LogP contribution < -0.4 is 0 Å². The molecule has 24 heavy (non-hydrogen) atoms. The molecule has 2 heterocycles. The third-order valence-corrected chi connectivity index (χ3v) is 6.31. The maximum absolute atomic E-state index is 12.8. The summed E-state index contributed by atoms with van der Waals surface area (Å²) in [5, 5.41) is 0. The zero-order valence-corrected chi connectivity index (χ0v) is 15.3. The minimum absolute atomic E-state index is 0.0325. The average Bonchev–Trinajstić information content (AvgIpc) is 2.86. The Morgan fingerprint density at radius 3 is 2.54 bits per heavy atom. The molecule has 0 unspecified atom stereocenters. The predicted octanol–water partition coefficient (Wildman–Crippen LogP) is 2.75. The van der Waals surface area contributed by atoms with Crippen molar-refractivity contribution < 1.29 is 9.59 Å². The second kappa shape index (κ2) is 7.18. The van der Waals surface area contributed by atoms with E-state index in [-0.39, 0.29) is 23.3 Å². The van der Waals surface area contributed by atoms with E-state index in [1.165, 1.54) is 0 Å². The lowest BCUT2D eigenvalue weighted by Crippen LogP contribution is -2.52. The number of rotatable bonds is 4. The minimum Gasteiger partial charge on any atom is -0.342 e. The Bertz CT molecular complexity index is 597. The van der Waals surface area contributed by atoms with Crippen molar-refractivity contribution in [2.75, 3.05) is 32.1 Å². The first-order valence-electron chi connectivity index (χ1n) is 8.67. The fraction of sp³-hybridized carbons (Fsp3) is 0.579. The van der Waals surface area contributed by atoms with Crippen molar-refractivity contribution >= 4 is 23.6 Å². The molecule has 0 radical (unpaired) electrons. The second-order valence-corrected chi connectivity index (χ2v) is 7.90. The lowest BCUT2D eigenvalue weighted by molar-refractivity contribution is -0.135. The van der Waals surface area contributed by atoms with Crippen LogP contribution in [0.2, 0.25) is 0 Å². The molecule has 1 spiro atoms. The standard InChI is InChI=1S/C19H26N2O2S/c1-20-18(23)16(15-6-4-3-5-7-15)14-19(20)9-11-21(12-10-19)17(22)8-13-24-2/h3-7,16H,8-14H2,1-2H3/t16-/m1/s1. The number of carbonyl (C=O) groups excluding carboxylic acids is 2. The van der Waals surface area contributed by atoms with Gasteiger partial charge < -0.3 is 9.80 Å². The molecule has 1 aromatic rings. The highest BCUT2D eigenvalue weighted by Crippen LogP contribution is 2.44. The predicted molar refractivity (Wildman–Crippen MR) is 98.1 cm³/mol. The van der Waals surface area contributed by atoms with Crippen molar-refractivity contribution in [1.82, 2.24) is 9.80 Å². The molecule has 4 nitrogen and oxygen atoms in total. The summed E-state index contributed by atoms with van der Waals surface area (Å²) < 4.78 is 0. The topological polar surface area (TPSA) is 40.6 Å². The summed E-state index contributed by atoms with van der Waals surface area (Å²) in [6.45, 7) is 1.54. The van der Waals surface area contributed by atoms with Crippen LogP contribution in [0.15, 0.2) is 30.3 Å². The van der Waals surface area contributed by atoms with Crippen molar-refractivity contribution in [3.63, 3.8) is 0 Å². The fourth-order valence-corrected chi connectivity index (χ4v) is 4.46. The van der Waals surface area contributed by atoms with Gasteiger partial charge in [0.25, 0.3) is 0 Å². The van der Waals surface area contributed by atoms with Crippen LogP contribution >= 0.6 is 11.8 Å². The van der Waals surface area contributed by atoms with E-state index in [0.717, 1.165) is 43.7 Å². The summed E-state index contributed by atoms with van der Waals surface area (Å²) in [6, 6.07) is 10.1. The second-order valence-electron chi connectivity index (χ2n) is 6.91. The number of thioether (sulfide) groups is 1. The van der Waals surface area contributed by atoms with E-state index >= 15 is 0 Å². The zero-order chi connectivity index (χ0) is 17.2. The van der Waals surface area contributed by atoms with E-state index < -0.39 is 0 Å². The van der Waals surface area contributed by atoms with Gasteiger partial charge in [0.1, 0.15) is 0 Å². The number of likely N-dealkylation sites (N-methyl/N-ethyl adjacent to an activating group) is 1. The zero-order valence-electron chi connectivity index (χ0n) is 14.5. The van der Waals surface area contributed by atoms with Gasteiger partial charge in [0.05, 0.1) is 5.92 Å². The maximum atomic E-state index is 12.8. The molecule has 2 aliphatic heterocycles. The van der Waals surface area contributed by atoms with Gasteiger partial charge >= 0.3 is 0 Å². The van der Waals surface area contributed by atoms with Gasteiger partial charge in [0, 0.05) is 37.8 Å². The third-order valence-electron chi connectivity index (χ3n) is 5.69. The van der Waals surface area contributed by atoms with Gasteiger partial charge in [-0.2, -0.15) is 11.8 Å². The highest BCUT2D eigenvalue weighted by molar-refractivity contribution is 7.98. The lowest BCUT2D eigenvalue weighted by atomic mass is 9.81. The number of benzene rings is 1. The first-order chi connectivity index (χ1) is 11.6. The Kier molecular flexibility index (Phi) is 5.18. The Hall–Kier alpha value is -1.49. The molecule has 130 valence electrons. The molecule has 3 rings (SSSR count). The Morgan fingerprint density at radius 1 is 1.25 bits per heavy atom. The normalized spacial score (nSPS) is 23.1. The van der Waals surface area contributed by atoms with Crippen LogP contribution in [0.25, 0.3) is 0 Å². The van der Waals surface area contributed by atoms with E-state index in [4.69, 9.17) is 0 Å². The molecule has 2 aliphatic rings. The summed E-state index contributed by atoms with van der Waals surface area (Å²) >= 11 is 1.71. The molecule has 0 N–H and O–H groups in total. The van der Waals surface area contributed by atoms with Crippen LogP contribution in [0, 0.1) is 0 Å². The van der Waals surface area contributed by atoms with Gasteiger partial charge in [-0.25, -0.2) is 0 Å². The molecule has 2 amide bonds. The van der Waals surface area contributed by atoms with Crippen LogP contribution in [0.1, 0.15) is 37.2 Å². The molecule has 1 atom stereocenters. The number of hydrogen-bond donors (Lipinski definition) is 0.